The van der Waals surface area contributed by atoms with Crippen molar-refractivity contribution in [3.63, 3.8) is 0 Å². The molecule has 0 unspecified atom stereocenters. The number of benzene rings is 1. The van der Waals surface area contributed by atoms with Gasteiger partial charge in [0.15, 0.2) is 12.1 Å². The van der Waals surface area contributed by atoms with E-state index >= 15 is 0 Å². The molecule has 0 spiro atoms. The Balaban J connectivity index is 3.59. The molecular formula is C12H11F3O3. The maximum absolute atomic E-state index is 12.7. The van der Waals surface area contributed by atoms with Gasteiger partial charge in [0.1, 0.15) is 5.75 Å². The second-order valence-electron chi connectivity index (χ2n) is 3.50. The first-order chi connectivity index (χ1) is 8.32. The number of carbonyl (C=O) groups is 2. The quantitative estimate of drug-likeness (QED) is 0.617. The van der Waals surface area contributed by atoms with Crippen molar-refractivity contribution >= 4 is 12.1 Å². The van der Waals surface area contributed by atoms with E-state index < -0.39 is 23.1 Å². The zero-order chi connectivity index (χ0) is 13.9. The summed E-state index contributed by atoms with van der Waals surface area (Å²) in [5.41, 5.74) is -2.14. The number of ketones is 1. The highest BCUT2D eigenvalue weighted by molar-refractivity contribution is 6.04. The molecule has 0 N–H and O–H groups in total. The summed E-state index contributed by atoms with van der Waals surface area (Å²) >= 11 is 0. The number of Topliss-reactive ketones (excluding diaryl/α,β-unsaturated/α-hetero) is 1. The first-order valence-corrected chi connectivity index (χ1v) is 5.16. The van der Waals surface area contributed by atoms with Crippen molar-refractivity contribution in [3.05, 3.63) is 28.8 Å². The molecule has 98 valence electrons. The summed E-state index contributed by atoms with van der Waals surface area (Å²) in [6, 6.07) is 1.79. The molecule has 0 amide bonds. The van der Waals surface area contributed by atoms with Crippen LogP contribution in [0.2, 0.25) is 0 Å². The molecule has 0 saturated heterocycles. The Morgan fingerprint density at radius 3 is 2.39 bits per heavy atom. The van der Waals surface area contributed by atoms with E-state index in [0.717, 1.165) is 19.1 Å². The Morgan fingerprint density at radius 1 is 1.39 bits per heavy atom. The molecule has 1 aromatic rings. The van der Waals surface area contributed by atoms with Crippen LogP contribution < -0.4 is 4.74 Å². The van der Waals surface area contributed by atoms with Crippen LogP contribution in [0, 0.1) is 0 Å². The number of halogens is 3. The van der Waals surface area contributed by atoms with Crippen LogP contribution in [0.4, 0.5) is 13.2 Å². The molecule has 1 rings (SSSR count). The molecule has 0 aliphatic carbocycles. The van der Waals surface area contributed by atoms with Crippen LogP contribution in [0.15, 0.2) is 12.1 Å². The topological polar surface area (TPSA) is 43.4 Å². The van der Waals surface area contributed by atoms with E-state index in [9.17, 15) is 22.8 Å². The minimum atomic E-state index is -4.69. The molecule has 0 atom stereocenters. The van der Waals surface area contributed by atoms with Crippen LogP contribution in [0.3, 0.4) is 0 Å². The maximum Gasteiger partial charge on any atom is 0.417 e. The molecule has 0 radical (unpaired) electrons. The molecule has 0 aliphatic rings. The lowest BCUT2D eigenvalue weighted by Gasteiger charge is -2.15. The molecular weight excluding hydrogens is 249 g/mol. The number of alkyl halides is 3. The highest BCUT2D eigenvalue weighted by Gasteiger charge is 2.36. The van der Waals surface area contributed by atoms with Gasteiger partial charge in [0.2, 0.25) is 0 Å². The van der Waals surface area contributed by atoms with Crippen LogP contribution in [0.1, 0.15) is 40.1 Å². The number of hydrogen-bond acceptors (Lipinski definition) is 3. The van der Waals surface area contributed by atoms with Gasteiger partial charge in [0.25, 0.3) is 0 Å². The van der Waals surface area contributed by atoms with Crippen molar-refractivity contribution in [2.24, 2.45) is 0 Å². The first kappa shape index (κ1) is 14.2. The molecule has 0 fully saturated rings. The monoisotopic (exact) mass is 260 g/mol. The van der Waals surface area contributed by atoms with E-state index in [0.29, 0.717) is 0 Å². The van der Waals surface area contributed by atoms with Crippen LogP contribution in [-0.2, 0) is 6.18 Å². The second-order valence-corrected chi connectivity index (χ2v) is 3.50. The van der Waals surface area contributed by atoms with Crippen molar-refractivity contribution in [2.75, 3.05) is 6.61 Å². The lowest BCUT2D eigenvalue weighted by atomic mass is 9.97. The Labute approximate surface area is 102 Å². The van der Waals surface area contributed by atoms with Gasteiger partial charge in [0, 0.05) is 5.56 Å². The van der Waals surface area contributed by atoms with Gasteiger partial charge in [-0.15, -0.1) is 0 Å². The summed E-state index contributed by atoms with van der Waals surface area (Å²) in [5, 5.41) is 0. The van der Waals surface area contributed by atoms with E-state index in [-0.39, 0.29) is 24.2 Å². The Hall–Kier alpha value is -1.85. The first-order valence-electron chi connectivity index (χ1n) is 5.16. The highest BCUT2D eigenvalue weighted by atomic mass is 19.4. The Morgan fingerprint density at radius 2 is 2.00 bits per heavy atom. The number of carbonyl (C=O) groups excluding carboxylic acids is 2. The largest absolute Gasteiger partial charge is 0.493 e. The second kappa shape index (κ2) is 5.20. The van der Waals surface area contributed by atoms with Gasteiger partial charge in [-0.2, -0.15) is 13.2 Å². The number of rotatable bonds is 4. The minimum absolute atomic E-state index is 0.0225. The predicted octanol–water partition coefficient (Wildman–Crippen LogP) is 3.12. The lowest BCUT2D eigenvalue weighted by Crippen LogP contribution is -2.15. The van der Waals surface area contributed by atoms with Gasteiger partial charge in [-0.05, 0) is 26.0 Å². The van der Waals surface area contributed by atoms with Crippen LogP contribution in [-0.4, -0.2) is 18.7 Å². The van der Waals surface area contributed by atoms with Crippen LogP contribution in [0.25, 0.3) is 0 Å². The maximum atomic E-state index is 12.7. The van der Waals surface area contributed by atoms with Crippen molar-refractivity contribution in [1.29, 1.82) is 0 Å². The molecule has 0 heterocycles. The molecule has 0 aliphatic heterocycles. The van der Waals surface area contributed by atoms with E-state index in [1.54, 1.807) is 6.92 Å². The van der Waals surface area contributed by atoms with Gasteiger partial charge in [-0.25, -0.2) is 0 Å². The number of ether oxygens (including phenoxy) is 1. The fraction of sp³-hybridized carbons (Fsp3) is 0.333. The fourth-order valence-electron chi connectivity index (χ4n) is 1.61. The fourth-order valence-corrected chi connectivity index (χ4v) is 1.61. The Kier molecular flexibility index (Phi) is 4.11. The van der Waals surface area contributed by atoms with E-state index in [1.807, 2.05) is 0 Å². The molecule has 3 nitrogen and oxygen atoms in total. The highest BCUT2D eigenvalue weighted by Crippen LogP contribution is 2.36. The van der Waals surface area contributed by atoms with E-state index in [4.69, 9.17) is 4.74 Å². The average molecular weight is 260 g/mol. The predicted molar refractivity (Wildman–Crippen MR) is 58.0 cm³/mol. The zero-order valence-corrected chi connectivity index (χ0v) is 9.80. The molecule has 0 saturated carbocycles. The smallest absolute Gasteiger partial charge is 0.417 e. The minimum Gasteiger partial charge on any atom is -0.493 e. The summed E-state index contributed by atoms with van der Waals surface area (Å²) in [5.74, 6) is -0.850. The van der Waals surface area contributed by atoms with E-state index in [1.165, 1.54) is 0 Å². The third-order valence-corrected chi connectivity index (χ3v) is 2.28. The SMILES string of the molecule is CCOc1ccc(C(F)(F)F)c(C(C)=O)c1C=O. The number of aldehydes is 1. The van der Waals surface area contributed by atoms with Gasteiger partial charge >= 0.3 is 6.18 Å². The van der Waals surface area contributed by atoms with Crippen molar-refractivity contribution in [2.45, 2.75) is 20.0 Å². The van der Waals surface area contributed by atoms with Crippen LogP contribution >= 0.6 is 0 Å². The summed E-state index contributed by atoms with van der Waals surface area (Å²) in [6.45, 7) is 2.79. The van der Waals surface area contributed by atoms with Gasteiger partial charge in [0.05, 0.1) is 17.7 Å². The lowest BCUT2D eigenvalue weighted by molar-refractivity contribution is -0.137. The molecule has 1 aromatic carbocycles. The van der Waals surface area contributed by atoms with Crippen molar-refractivity contribution in [3.8, 4) is 5.75 Å². The normalized spacial score (nSPS) is 11.2. The molecule has 18 heavy (non-hydrogen) atoms. The summed E-state index contributed by atoms with van der Waals surface area (Å²) in [6.07, 6.45) is -4.49. The molecule has 6 heteroatoms. The standard InChI is InChI=1S/C12H11F3O3/c1-3-18-10-5-4-9(12(13,14)15)11(7(2)17)8(10)6-16/h4-6H,3H2,1-2H3. The summed E-state index contributed by atoms with van der Waals surface area (Å²) in [7, 11) is 0. The van der Waals surface area contributed by atoms with Crippen molar-refractivity contribution < 1.29 is 27.5 Å². The van der Waals surface area contributed by atoms with Gasteiger partial charge in [-0.1, -0.05) is 0 Å². The average Bonchev–Trinajstić information content (AvgIpc) is 2.27. The van der Waals surface area contributed by atoms with Gasteiger partial charge < -0.3 is 4.74 Å². The van der Waals surface area contributed by atoms with Gasteiger partial charge in [-0.3, -0.25) is 9.59 Å². The zero-order valence-electron chi connectivity index (χ0n) is 9.80. The number of hydrogen-bond donors (Lipinski definition) is 0. The third-order valence-electron chi connectivity index (χ3n) is 2.28. The van der Waals surface area contributed by atoms with E-state index in [2.05, 4.69) is 0 Å². The van der Waals surface area contributed by atoms with Crippen molar-refractivity contribution in [1.82, 2.24) is 0 Å². The molecule has 0 aromatic heterocycles. The third kappa shape index (κ3) is 2.69. The summed E-state index contributed by atoms with van der Waals surface area (Å²) < 4.78 is 43.2. The van der Waals surface area contributed by atoms with Crippen LogP contribution in [0.5, 0.6) is 5.75 Å². The Bertz CT molecular complexity index is 478. The molecule has 0 bridgehead atoms. The summed E-state index contributed by atoms with van der Waals surface area (Å²) in [4.78, 5) is 22.2.